The molecule has 38 heavy (non-hydrogen) atoms. The molecule has 0 saturated carbocycles. The van der Waals surface area contributed by atoms with E-state index in [4.69, 9.17) is 18.9 Å². The van der Waals surface area contributed by atoms with Gasteiger partial charge in [-0.15, -0.1) is 0 Å². The summed E-state index contributed by atoms with van der Waals surface area (Å²) in [7, 11) is 3.16. The second-order valence-corrected chi connectivity index (χ2v) is 9.38. The molecule has 0 atom stereocenters. The van der Waals surface area contributed by atoms with E-state index < -0.39 is 0 Å². The van der Waals surface area contributed by atoms with Gasteiger partial charge in [-0.2, -0.15) is 0 Å². The Labute approximate surface area is 223 Å². The van der Waals surface area contributed by atoms with Crippen LogP contribution in [-0.4, -0.2) is 61.3 Å². The number of methoxy groups -OCH3 is 2. The molecule has 11 nitrogen and oxygen atoms in total. The Morgan fingerprint density at radius 3 is 2.58 bits per heavy atom. The maximum absolute atomic E-state index is 13.4. The molecule has 0 unspecified atom stereocenters. The molecule has 1 aliphatic rings. The van der Waals surface area contributed by atoms with Crippen molar-refractivity contribution in [2.75, 3.05) is 39.9 Å². The van der Waals surface area contributed by atoms with Gasteiger partial charge in [-0.25, -0.2) is 4.98 Å². The standard InChI is InChI=1S/C26H30N4O7S/c1-34-11-9-27-24(32)15-38-26-29-20-13-22-21(36-16-37-22)12-19(20)25(33)30(26)10-3-4-23(31)28-14-17-5-7-18(35-2)8-6-17/h5-8,12-13H,3-4,9-11,14-16H2,1-2H3,(H,27,32)(H,28,31). The molecule has 1 aromatic heterocycles. The van der Waals surface area contributed by atoms with E-state index in [9.17, 15) is 14.4 Å². The highest BCUT2D eigenvalue weighted by molar-refractivity contribution is 7.99. The summed E-state index contributed by atoms with van der Waals surface area (Å²) in [5.41, 5.74) is 1.14. The maximum Gasteiger partial charge on any atom is 0.262 e. The number of aromatic nitrogens is 2. The van der Waals surface area contributed by atoms with Gasteiger partial charge >= 0.3 is 0 Å². The molecule has 0 spiro atoms. The van der Waals surface area contributed by atoms with E-state index in [-0.39, 0.29) is 42.9 Å². The molecule has 3 aromatic rings. The average Bonchev–Trinajstić information content (AvgIpc) is 3.39. The molecule has 0 saturated heterocycles. The number of carbonyl (C=O) groups is 2. The van der Waals surface area contributed by atoms with Crippen molar-refractivity contribution in [3.63, 3.8) is 0 Å². The van der Waals surface area contributed by atoms with Gasteiger partial charge in [0.15, 0.2) is 16.7 Å². The zero-order valence-corrected chi connectivity index (χ0v) is 22.1. The summed E-state index contributed by atoms with van der Waals surface area (Å²) in [4.78, 5) is 42.7. The Balaban J connectivity index is 1.43. The molecule has 2 aromatic carbocycles. The number of carbonyl (C=O) groups excluding carboxylic acids is 2. The molecule has 0 fully saturated rings. The van der Waals surface area contributed by atoms with Crippen LogP contribution in [0.15, 0.2) is 46.3 Å². The first-order valence-corrected chi connectivity index (χ1v) is 13.1. The number of amides is 2. The minimum Gasteiger partial charge on any atom is -0.497 e. The van der Waals surface area contributed by atoms with Crippen molar-refractivity contribution in [2.45, 2.75) is 31.1 Å². The SMILES string of the molecule is COCCNC(=O)CSc1nc2cc3c(cc2c(=O)n1CCCC(=O)NCc1ccc(OC)cc1)OCO3. The van der Waals surface area contributed by atoms with Gasteiger partial charge in [0, 0.05) is 39.2 Å². The third kappa shape index (κ3) is 6.95. The lowest BCUT2D eigenvalue weighted by molar-refractivity contribution is -0.121. The van der Waals surface area contributed by atoms with Gasteiger partial charge < -0.3 is 29.6 Å². The molecule has 0 radical (unpaired) electrons. The first-order valence-electron chi connectivity index (χ1n) is 12.1. The largest absolute Gasteiger partial charge is 0.497 e. The summed E-state index contributed by atoms with van der Waals surface area (Å²) in [6.07, 6.45) is 0.642. The normalized spacial score (nSPS) is 11.9. The highest BCUT2D eigenvalue weighted by Gasteiger charge is 2.20. The van der Waals surface area contributed by atoms with Crippen LogP contribution in [0.3, 0.4) is 0 Å². The Bertz CT molecular complexity index is 1340. The summed E-state index contributed by atoms with van der Waals surface area (Å²) >= 11 is 1.16. The van der Waals surface area contributed by atoms with Crippen LogP contribution in [0.4, 0.5) is 0 Å². The number of hydrogen-bond donors (Lipinski definition) is 2. The van der Waals surface area contributed by atoms with Gasteiger partial charge in [0.2, 0.25) is 18.6 Å². The quantitative estimate of drug-likeness (QED) is 0.189. The number of nitrogens with zero attached hydrogens (tertiary/aromatic N) is 2. The number of rotatable bonds is 13. The molecule has 0 bridgehead atoms. The molecule has 12 heteroatoms. The monoisotopic (exact) mass is 542 g/mol. The molecule has 2 heterocycles. The van der Waals surface area contributed by atoms with Crippen molar-refractivity contribution in [1.82, 2.24) is 20.2 Å². The predicted octanol–water partition coefficient (Wildman–Crippen LogP) is 2.09. The van der Waals surface area contributed by atoms with Crippen LogP contribution in [0, 0.1) is 0 Å². The Hall–Kier alpha value is -3.77. The summed E-state index contributed by atoms with van der Waals surface area (Å²) < 4.78 is 22.4. The van der Waals surface area contributed by atoms with Crippen LogP contribution in [0.2, 0.25) is 0 Å². The van der Waals surface area contributed by atoms with Crippen LogP contribution in [0.1, 0.15) is 18.4 Å². The second kappa shape index (κ2) is 13.2. The van der Waals surface area contributed by atoms with Gasteiger partial charge in [0.05, 0.1) is 30.4 Å². The highest BCUT2D eigenvalue weighted by atomic mass is 32.2. The van der Waals surface area contributed by atoms with Crippen LogP contribution in [-0.2, 0) is 27.4 Å². The number of thioether (sulfide) groups is 1. The van der Waals surface area contributed by atoms with Crippen molar-refractivity contribution in [3.05, 3.63) is 52.3 Å². The van der Waals surface area contributed by atoms with Gasteiger partial charge in [-0.1, -0.05) is 23.9 Å². The first kappa shape index (κ1) is 27.3. The molecule has 202 valence electrons. The molecule has 2 N–H and O–H groups in total. The Kier molecular flexibility index (Phi) is 9.44. The van der Waals surface area contributed by atoms with Crippen LogP contribution >= 0.6 is 11.8 Å². The van der Waals surface area contributed by atoms with E-state index in [1.54, 1.807) is 26.4 Å². The number of benzene rings is 2. The lowest BCUT2D eigenvalue weighted by Crippen LogP contribution is -2.29. The highest BCUT2D eigenvalue weighted by Crippen LogP contribution is 2.35. The van der Waals surface area contributed by atoms with Gasteiger partial charge in [0.1, 0.15) is 5.75 Å². The minimum absolute atomic E-state index is 0.0779. The molecule has 0 aliphatic carbocycles. The number of ether oxygens (including phenoxy) is 4. The van der Waals surface area contributed by atoms with Crippen molar-refractivity contribution < 1.29 is 28.5 Å². The summed E-state index contributed by atoms with van der Waals surface area (Å²) in [6.45, 7) is 1.54. The fraction of sp³-hybridized carbons (Fsp3) is 0.385. The van der Waals surface area contributed by atoms with Crippen molar-refractivity contribution >= 4 is 34.5 Å². The smallest absolute Gasteiger partial charge is 0.262 e. The first-order chi connectivity index (χ1) is 18.5. The second-order valence-electron chi connectivity index (χ2n) is 8.43. The lowest BCUT2D eigenvalue weighted by atomic mass is 10.2. The zero-order chi connectivity index (χ0) is 26.9. The lowest BCUT2D eigenvalue weighted by Gasteiger charge is -2.14. The van der Waals surface area contributed by atoms with E-state index in [0.717, 1.165) is 23.1 Å². The van der Waals surface area contributed by atoms with Crippen molar-refractivity contribution in [2.24, 2.45) is 0 Å². The Morgan fingerprint density at radius 2 is 1.84 bits per heavy atom. The van der Waals surface area contributed by atoms with Crippen LogP contribution < -0.4 is 30.4 Å². The van der Waals surface area contributed by atoms with Crippen LogP contribution in [0.25, 0.3) is 10.9 Å². The molecular weight excluding hydrogens is 512 g/mol. The minimum atomic E-state index is -0.269. The number of fused-ring (bicyclic) bond motifs is 2. The van der Waals surface area contributed by atoms with E-state index in [1.165, 1.54) is 4.57 Å². The van der Waals surface area contributed by atoms with E-state index in [2.05, 4.69) is 15.6 Å². The molecule has 2 amide bonds. The summed E-state index contributed by atoms with van der Waals surface area (Å²) in [5.74, 6) is 1.51. The Morgan fingerprint density at radius 1 is 1.08 bits per heavy atom. The zero-order valence-electron chi connectivity index (χ0n) is 21.3. The van der Waals surface area contributed by atoms with Crippen molar-refractivity contribution in [1.29, 1.82) is 0 Å². The van der Waals surface area contributed by atoms with Crippen molar-refractivity contribution in [3.8, 4) is 17.2 Å². The van der Waals surface area contributed by atoms with Crippen LogP contribution in [0.5, 0.6) is 17.2 Å². The third-order valence-corrected chi connectivity index (χ3v) is 6.78. The molecular formula is C26H30N4O7S. The number of nitrogens with one attached hydrogen (secondary N) is 2. The molecule has 1 aliphatic heterocycles. The predicted molar refractivity (Wildman–Crippen MR) is 142 cm³/mol. The van der Waals surface area contributed by atoms with Gasteiger partial charge in [0.25, 0.3) is 5.56 Å². The topological polar surface area (TPSA) is 130 Å². The average molecular weight is 543 g/mol. The third-order valence-electron chi connectivity index (χ3n) is 5.81. The van der Waals surface area contributed by atoms with E-state index in [1.807, 2.05) is 24.3 Å². The van der Waals surface area contributed by atoms with Gasteiger partial charge in [-0.05, 0) is 30.2 Å². The van der Waals surface area contributed by atoms with Gasteiger partial charge in [-0.3, -0.25) is 19.0 Å². The van der Waals surface area contributed by atoms with E-state index >= 15 is 0 Å². The fourth-order valence-electron chi connectivity index (χ4n) is 3.80. The van der Waals surface area contributed by atoms with E-state index in [0.29, 0.717) is 53.7 Å². The molecule has 4 rings (SSSR count). The number of hydrogen-bond acceptors (Lipinski definition) is 9. The summed E-state index contributed by atoms with van der Waals surface area (Å²) in [6, 6.07) is 10.7. The maximum atomic E-state index is 13.4. The summed E-state index contributed by atoms with van der Waals surface area (Å²) in [5, 5.41) is 6.42. The fourth-order valence-corrected chi connectivity index (χ4v) is 4.66.